The summed E-state index contributed by atoms with van der Waals surface area (Å²) >= 11 is 0. The molecule has 4 nitrogen and oxygen atoms in total. The fraction of sp³-hybridized carbons (Fsp3) is 0.833. The van der Waals surface area contributed by atoms with E-state index in [1.165, 1.54) is 6.92 Å². The van der Waals surface area contributed by atoms with E-state index < -0.39 is 17.5 Å². The van der Waals surface area contributed by atoms with Crippen LogP contribution in [0.3, 0.4) is 0 Å². The van der Waals surface area contributed by atoms with Crippen LogP contribution in [-0.4, -0.2) is 24.6 Å². The lowest BCUT2D eigenvalue weighted by atomic mass is 9.88. The normalized spacial score (nSPS) is 13.1. The minimum absolute atomic E-state index is 0.291. The molecule has 0 fully saturated rings. The zero-order valence-corrected chi connectivity index (χ0v) is 10.8. The van der Waals surface area contributed by atoms with Crippen LogP contribution in [0.25, 0.3) is 0 Å². The molecule has 0 bridgehead atoms. The third-order valence-corrected chi connectivity index (χ3v) is 2.33. The highest BCUT2D eigenvalue weighted by Gasteiger charge is 2.31. The largest absolute Gasteiger partial charge is 0.463 e. The predicted molar refractivity (Wildman–Crippen MR) is 60.9 cm³/mol. The molecule has 0 aliphatic carbocycles. The maximum absolute atomic E-state index is 11.7. The van der Waals surface area contributed by atoms with Gasteiger partial charge in [0, 0.05) is 0 Å². The summed E-state index contributed by atoms with van der Waals surface area (Å²) in [5, 5.41) is 0. The molecule has 0 heterocycles. The first-order valence-electron chi connectivity index (χ1n) is 5.72. The summed E-state index contributed by atoms with van der Waals surface area (Å²) in [5.74, 6) is -0.849. The first-order valence-corrected chi connectivity index (χ1v) is 5.72. The number of carbonyl (C=O) groups is 2. The molecule has 0 aromatic heterocycles. The third-order valence-electron chi connectivity index (χ3n) is 2.33. The van der Waals surface area contributed by atoms with Crippen LogP contribution in [0.1, 0.15) is 47.5 Å². The lowest BCUT2D eigenvalue weighted by Crippen LogP contribution is -2.33. The molecule has 0 N–H and O–H groups in total. The molecule has 1 unspecified atom stereocenters. The van der Waals surface area contributed by atoms with Crippen LogP contribution in [0.2, 0.25) is 0 Å². The van der Waals surface area contributed by atoms with E-state index >= 15 is 0 Å². The van der Waals surface area contributed by atoms with E-state index in [0.29, 0.717) is 6.61 Å². The Labute approximate surface area is 97.3 Å². The number of esters is 2. The van der Waals surface area contributed by atoms with Gasteiger partial charge in [-0.05, 0) is 34.1 Å². The molecule has 0 aromatic carbocycles. The average Bonchev–Trinajstić information content (AvgIpc) is 2.17. The molecule has 1 atom stereocenters. The Bertz CT molecular complexity index is 245. The van der Waals surface area contributed by atoms with Crippen LogP contribution in [0, 0.1) is 5.41 Å². The van der Waals surface area contributed by atoms with Crippen LogP contribution in [-0.2, 0) is 19.1 Å². The van der Waals surface area contributed by atoms with Crippen molar-refractivity contribution < 1.29 is 19.1 Å². The van der Waals surface area contributed by atoms with E-state index in [1.54, 1.807) is 6.92 Å². The van der Waals surface area contributed by atoms with Gasteiger partial charge in [0.05, 0.1) is 12.0 Å². The first-order chi connectivity index (χ1) is 7.35. The van der Waals surface area contributed by atoms with Gasteiger partial charge in [-0.3, -0.25) is 4.79 Å². The molecular formula is C12H22O4. The number of hydrogen-bond acceptors (Lipinski definition) is 4. The molecule has 0 rings (SSSR count). The van der Waals surface area contributed by atoms with Crippen molar-refractivity contribution in [2.45, 2.75) is 53.6 Å². The first kappa shape index (κ1) is 14.9. The molecule has 0 saturated heterocycles. The van der Waals surface area contributed by atoms with Crippen molar-refractivity contribution in [2.75, 3.05) is 6.61 Å². The molecule has 94 valence electrons. The fourth-order valence-corrected chi connectivity index (χ4v) is 1.35. The standard InChI is InChI=1S/C12H22O4/c1-6-8-12(4,5)11(14)16-9(3)10(13)15-7-2/h9H,6-8H2,1-5H3. The van der Waals surface area contributed by atoms with Crippen molar-refractivity contribution in [2.24, 2.45) is 5.41 Å². The summed E-state index contributed by atoms with van der Waals surface area (Å²) in [7, 11) is 0. The molecule has 0 amide bonds. The minimum atomic E-state index is -0.830. The molecular weight excluding hydrogens is 208 g/mol. The minimum Gasteiger partial charge on any atom is -0.463 e. The van der Waals surface area contributed by atoms with E-state index in [-0.39, 0.29) is 5.97 Å². The van der Waals surface area contributed by atoms with Crippen LogP contribution in [0.5, 0.6) is 0 Å². The van der Waals surface area contributed by atoms with E-state index in [4.69, 9.17) is 9.47 Å². The van der Waals surface area contributed by atoms with Crippen LogP contribution in [0.15, 0.2) is 0 Å². The quantitative estimate of drug-likeness (QED) is 0.657. The van der Waals surface area contributed by atoms with Crippen molar-refractivity contribution in [3.8, 4) is 0 Å². The topological polar surface area (TPSA) is 52.6 Å². The van der Waals surface area contributed by atoms with Gasteiger partial charge in [0.15, 0.2) is 6.10 Å². The maximum atomic E-state index is 11.7. The Balaban J connectivity index is 4.28. The summed E-state index contributed by atoms with van der Waals surface area (Å²) in [6.45, 7) is 9.17. The molecule has 4 heteroatoms. The lowest BCUT2D eigenvalue weighted by molar-refractivity contribution is -0.172. The Morgan fingerprint density at radius 2 is 1.81 bits per heavy atom. The highest BCUT2D eigenvalue weighted by Crippen LogP contribution is 2.24. The molecule has 0 spiro atoms. The molecule has 0 aliphatic heterocycles. The fourth-order valence-electron chi connectivity index (χ4n) is 1.35. The average molecular weight is 230 g/mol. The van der Waals surface area contributed by atoms with Crippen molar-refractivity contribution in [3.63, 3.8) is 0 Å². The number of carbonyl (C=O) groups excluding carboxylic acids is 2. The Morgan fingerprint density at radius 1 is 1.25 bits per heavy atom. The van der Waals surface area contributed by atoms with Crippen LogP contribution < -0.4 is 0 Å². The second-order valence-corrected chi connectivity index (χ2v) is 4.43. The second-order valence-electron chi connectivity index (χ2n) is 4.43. The molecule has 0 aromatic rings. The third kappa shape index (κ3) is 4.64. The highest BCUT2D eigenvalue weighted by molar-refractivity contribution is 5.81. The van der Waals surface area contributed by atoms with Gasteiger partial charge in [0.1, 0.15) is 0 Å². The summed E-state index contributed by atoms with van der Waals surface area (Å²) in [5.41, 5.74) is -0.546. The molecule has 0 saturated carbocycles. The Hall–Kier alpha value is -1.06. The number of rotatable bonds is 6. The van der Waals surface area contributed by atoms with Gasteiger partial charge in [-0.15, -0.1) is 0 Å². The second kappa shape index (κ2) is 6.51. The van der Waals surface area contributed by atoms with Gasteiger partial charge in [-0.25, -0.2) is 4.79 Å². The van der Waals surface area contributed by atoms with E-state index in [2.05, 4.69) is 0 Å². The van der Waals surface area contributed by atoms with Crippen molar-refractivity contribution in [3.05, 3.63) is 0 Å². The van der Waals surface area contributed by atoms with Gasteiger partial charge in [-0.1, -0.05) is 13.3 Å². The van der Waals surface area contributed by atoms with Gasteiger partial charge in [0.2, 0.25) is 0 Å². The summed E-state index contributed by atoms with van der Waals surface area (Å²) in [4.78, 5) is 23.0. The Morgan fingerprint density at radius 3 is 2.25 bits per heavy atom. The zero-order valence-electron chi connectivity index (χ0n) is 10.8. The van der Waals surface area contributed by atoms with Crippen LogP contribution in [0.4, 0.5) is 0 Å². The van der Waals surface area contributed by atoms with Gasteiger partial charge in [-0.2, -0.15) is 0 Å². The van der Waals surface area contributed by atoms with Crippen LogP contribution >= 0.6 is 0 Å². The smallest absolute Gasteiger partial charge is 0.347 e. The number of hydrogen-bond donors (Lipinski definition) is 0. The SMILES string of the molecule is CCCC(C)(C)C(=O)OC(C)C(=O)OCC. The van der Waals surface area contributed by atoms with Gasteiger partial charge >= 0.3 is 11.9 Å². The molecule has 0 radical (unpaired) electrons. The summed E-state index contributed by atoms with van der Waals surface area (Å²) in [6.07, 6.45) is 0.806. The van der Waals surface area contributed by atoms with Crippen molar-refractivity contribution >= 4 is 11.9 Å². The van der Waals surface area contributed by atoms with Crippen molar-refractivity contribution in [1.82, 2.24) is 0 Å². The van der Waals surface area contributed by atoms with E-state index in [0.717, 1.165) is 12.8 Å². The summed E-state index contributed by atoms with van der Waals surface area (Å²) < 4.78 is 9.83. The maximum Gasteiger partial charge on any atom is 0.347 e. The zero-order chi connectivity index (χ0) is 12.8. The summed E-state index contributed by atoms with van der Waals surface area (Å²) in [6, 6.07) is 0. The Kier molecular flexibility index (Phi) is 6.08. The van der Waals surface area contributed by atoms with E-state index in [1.807, 2.05) is 20.8 Å². The van der Waals surface area contributed by atoms with Gasteiger partial charge in [0.25, 0.3) is 0 Å². The molecule has 0 aliphatic rings. The van der Waals surface area contributed by atoms with Gasteiger partial charge < -0.3 is 9.47 Å². The van der Waals surface area contributed by atoms with E-state index in [9.17, 15) is 9.59 Å². The van der Waals surface area contributed by atoms with Crippen molar-refractivity contribution in [1.29, 1.82) is 0 Å². The lowest BCUT2D eigenvalue weighted by Gasteiger charge is -2.23. The molecule has 16 heavy (non-hydrogen) atoms. The highest BCUT2D eigenvalue weighted by atomic mass is 16.6. The predicted octanol–water partition coefficient (Wildman–Crippen LogP) is 2.31. The number of ether oxygens (including phenoxy) is 2. The monoisotopic (exact) mass is 230 g/mol.